The predicted octanol–water partition coefficient (Wildman–Crippen LogP) is 2.94. The molecule has 6 heteroatoms. The number of carbonyl (C=O) groups excluding carboxylic acids is 1. The van der Waals surface area contributed by atoms with Gasteiger partial charge in [0.15, 0.2) is 0 Å². The molecular formula is C20H23FN2O3. The lowest BCUT2D eigenvalue weighted by Crippen LogP contribution is -2.36. The summed E-state index contributed by atoms with van der Waals surface area (Å²) in [6, 6.07) is 12.1. The minimum Gasteiger partial charge on any atom is -0.496 e. The molecule has 0 radical (unpaired) electrons. The summed E-state index contributed by atoms with van der Waals surface area (Å²) in [4.78, 5) is 16.5. The number of carbonyl (C=O) groups is 1. The summed E-state index contributed by atoms with van der Waals surface area (Å²) >= 11 is 0. The van der Waals surface area contributed by atoms with Crippen molar-refractivity contribution in [1.82, 2.24) is 4.90 Å². The van der Waals surface area contributed by atoms with E-state index in [-0.39, 0.29) is 11.5 Å². The molecule has 0 bridgehead atoms. The summed E-state index contributed by atoms with van der Waals surface area (Å²) in [5.41, 5.74) is 2.38. The zero-order chi connectivity index (χ0) is 18.5. The van der Waals surface area contributed by atoms with Crippen LogP contribution in [0.25, 0.3) is 0 Å². The van der Waals surface area contributed by atoms with Crippen LogP contribution in [-0.2, 0) is 11.3 Å². The number of anilines is 1. The maximum absolute atomic E-state index is 13.5. The van der Waals surface area contributed by atoms with Crippen LogP contribution >= 0.6 is 0 Å². The first-order valence-electron chi connectivity index (χ1n) is 8.59. The van der Waals surface area contributed by atoms with E-state index in [1.807, 2.05) is 12.1 Å². The van der Waals surface area contributed by atoms with Crippen molar-refractivity contribution in [2.75, 3.05) is 45.4 Å². The Kier molecular flexibility index (Phi) is 5.73. The van der Waals surface area contributed by atoms with Crippen molar-refractivity contribution in [3.8, 4) is 5.75 Å². The third-order valence-corrected chi connectivity index (χ3v) is 4.47. The number of amides is 1. The molecule has 1 saturated heterocycles. The summed E-state index contributed by atoms with van der Waals surface area (Å²) in [5.74, 6) is -0.373. The lowest BCUT2D eigenvalue weighted by atomic mass is 10.1. The highest BCUT2D eigenvalue weighted by atomic mass is 19.1. The number of morpholine rings is 1. The van der Waals surface area contributed by atoms with Crippen molar-refractivity contribution >= 4 is 11.6 Å². The highest BCUT2D eigenvalue weighted by Gasteiger charge is 2.18. The van der Waals surface area contributed by atoms with Gasteiger partial charge in [-0.25, -0.2) is 4.39 Å². The van der Waals surface area contributed by atoms with E-state index in [1.165, 1.54) is 25.3 Å². The first-order valence-corrected chi connectivity index (χ1v) is 8.59. The van der Waals surface area contributed by atoms with E-state index in [0.29, 0.717) is 12.3 Å². The Morgan fingerprint density at radius 2 is 1.88 bits per heavy atom. The Morgan fingerprint density at radius 1 is 1.19 bits per heavy atom. The molecule has 5 nitrogen and oxygen atoms in total. The fraction of sp³-hybridized carbons (Fsp3) is 0.350. The van der Waals surface area contributed by atoms with Crippen molar-refractivity contribution in [3.05, 3.63) is 59.4 Å². The molecule has 2 aromatic rings. The van der Waals surface area contributed by atoms with Gasteiger partial charge in [0.2, 0.25) is 0 Å². The molecule has 3 rings (SSSR count). The third kappa shape index (κ3) is 4.14. The molecule has 1 amide bonds. The second-order valence-electron chi connectivity index (χ2n) is 6.27. The van der Waals surface area contributed by atoms with Gasteiger partial charge in [-0.3, -0.25) is 4.79 Å². The number of halogens is 1. The quantitative estimate of drug-likeness (QED) is 0.824. The van der Waals surface area contributed by atoms with Crippen LogP contribution in [0.4, 0.5) is 10.1 Å². The summed E-state index contributed by atoms with van der Waals surface area (Å²) < 4.78 is 24.1. The van der Waals surface area contributed by atoms with Gasteiger partial charge in [0.1, 0.15) is 11.6 Å². The SMILES string of the molecule is COc1ccc(F)cc1C(=O)N(C)Cc1ccc(N2CCOCC2)cc1. The Labute approximate surface area is 152 Å². The number of benzene rings is 2. The second kappa shape index (κ2) is 8.19. The van der Waals surface area contributed by atoms with Gasteiger partial charge < -0.3 is 19.3 Å². The van der Waals surface area contributed by atoms with E-state index in [0.717, 1.165) is 37.6 Å². The lowest BCUT2D eigenvalue weighted by Gasteiger charge is -2.29. The van der Waals surface area contributed by atoms with E-state index in [4.69, 9.17) is 9.47 Å². The number of rotatable bonds is 5. The number of ether oxygens (including phenoxy) is 2. The van der Waals surface area contributed by atoms with Gasteiger partial charge in [0, 0.05) is 32.4 Å². The highest BCUT2D eigenvalue weighted by molar-refractivity contribution is 5.96. The number of hydrogen-bond donors (Lipinski definition) is 0. The van der Waals surface area contributed by atoms with Crippen LogP contribution in [0.15, 0.2) is 42.5 Å². The molecule has 1 fully saturated rings. The minimum absolute atomic E-state index is 0.222. The van der Waals surface area contributed by atoms with Crippen molar-refractivity contribution in [1.29, 1.82) is 0 Å². The molecule has 0 unspecified atom stereocenters. The van der Waals surface area contributed by atoms with E-state index in [1.54, 1.807) is 11.9 Å². The van der Waals surface area contributed by atoms with Gasteiger partial charge >= 0.3 is 0 Å². The smallest absolute Gasteiger partial charge is 0.257 e. The molecule has 0 saturated carbocycles. The van der Waals surface area contributed by atoms with Crippen molar-refractivity contribution in [3.63, 3.8) is 0 Å². The summed E-state index contributed by atoms with van der Waals surface area (Å²) in [6.07, 6.45) is 0. The number of hydrogen-bond acceptors (Lipinski definition) is 4. The van der Waals surface area contributed by atoms with Crippen molar-refractivity contribution in [2.24, 2.45) is 0 Å². The molecule has 0 aliphatic carbocycles. The minimum atomic E-state index is -0.461. The number of nitrogens with zero attached hydrogens (tertiary/aromatic N) is 2. The molecule has 1 aliphatic rings. The fourth-order valence-electron chi connectivity index (χ4n) is 3.03. The van der Waals surface area contributed by atoms with Gasteiger partial charge in [-0.2, -0.15) is 0 Å². The molecule has 0 aromatic heterocycles. The summed E-state index contributed by atoms with van der Waals surface area (Å²) in [6.45, 7) is 3.69. The van der Waals surface area contributed by atoms with Gasteiger partial charge in [-0.15, -0.1) is 0 Å². The van der Waals surface area contributed by atoms with Crippen LogP contribution < -0.4 is 9.64 Å². The number of methoxy groups -OCH3 is 1. The van der Waals surface area contributed by atoms with Gasteiger partial charge in [0.25, 0.3) is 5.91 Å². The fourth-order valence-corrected chi connectivity index (χ4v) is 3.03. The molecule has 1 aliphatic heterocycles. The molecule has 0 spiro atoms. The third-order valence-electron chi connectivity index (χ3n) is 4.47. The van der Waals surface area contributed by atoms with Gasteiger partial charge in [0.05, 0.1) is 25.9 Å². The average Bonchev–Trinajstić information content (AvgIpc) is 2.68. The van der Waals surface area contributed by atoms with Crippen LogP contribution in [0.1, 0.15) is 15.9 Å². The Balaban J connectivity index is 1.68. The molecule has 26 heavy (non-hydrogen) atoms. The Morgan fingerprint density at radius 3 is 2.54 bits per heavy atom. The molecule has 1 heterocycles. The summed E-state index contributed by atoms with van der Waals surface area (Å²) in [5, 5.41) is 0. The molecule has 0 N–H and O–H groups in total. The van der Waals surface area contributed by atoms with Crippen LogP contribution in [0.3, 0.4) is 0 Å². The topological polar surface area (TPSA) is 42.0 Å². The van der Waals surface area contributed by atoms with E-state index in [9.17, 15) is 9.18 Å². The largest absolute Gasteiger partial charge is 0.496 e. The van der Waals surface area contributed by atoms with Crippen molar-refractivity contribution in [2.45, 2.75) is 6.54 Å². The normalized spacial score (nSPS) is 14.2. The highest BCUT2D eigenvalue weighted by Crippen LogP contribution is 2.22. The Bertz CT molecular complexity index is 758. The summed E-state index contributed by atoms with van der Waals surface area (Å²) in [7, 11) is 3.16. The Hall–Kier alpha value is -2.60. The monoisotopic (exact) mass is 358 g/mol. The predicted molar refractivity (Wildman–Crippen MR) is 98.2 cm³/mol. The van der Waals surface area contributed by atoms with Crippen LogP contribution in [0, 0.1) is 5.82 Å². The average molecular weight is 358 g/mol. The van der Waals surface area contributed by atoms with Crippen molar-refractivity contribution < 1.29 is 18.7 Å². The molecule has 0 atom stereocenters. The van der Waals surface area contributed by atoms with Crippen LogP contribution in [-0.4, -0.2) is 51.3 Å². The molecule has 2 aromatic carbocycles. The first-order chi connectivity index (χ1) is 12.6. The van der Waals surface area contributed by atoms with E-state index >= 15 is 0 Å². The standard InChI is InChI=1S/C20H23FN2O3/c1-22(20(24)18-13-16(21)5-8-19(18)25-2)14-15-3-6-17(7-4-15)23-9-11-26-12-10-23/h3-8,13H,9-12,14H2,1-2H3. The lowest BCUT2D eigenvalue weighted by molar-refractivity contribution is 0.0781. The van der Waals surface area contributed by atoms with Gasteiger partial charge in [-0.1, -0.05) is 12.1 Å². The maximum Gasteiger partial charge on any atom is 0.257 e. The first kappa shape index (κ1) is 18.2. The van der Waals surface area contributed by atoms with Crippen LogP contribution in [0.5, 0.6) is 5.75 Å². The molecular weight excluding hydrogens is 335 g/mol. The van der Waals surface area contributed by atoms with Crippen LogP contribution in [0.2, 0.25) is 0 Å². The van der Waals surface area contributed by atoms with E-state index in [2.05, 4.69) is 17.0 Å². The molecule has 138 valence electrons. The zero-order valence-electron chi connectivity index (χ0n) is 15.1. The maximum atomic E-state index is 13.5. The van der Waals surface area contributed by atoms with E-state index < -0.39 is 5.82 Å². The van der Waals surface area contributed by atoms with Gasteiger partial charge in [-0.05, 0) is 35.9 Å². The zero-order valence-corrected chi connectivity index (χ0v) is 15.1. The second-order valence-corrected chi connectivity index (χ2v) is 6.27.